The van der Waals surface area contributed by atoms with E-state index in [-0.39, 0.29) is 11.0 Å². The van der Waals surface area contributed by atoms with Crippen LogP contribution in [0, 0.1) is 12.8 Å². The molecule has 0 atom stereocenters. The van der Waals surface area contributed by atoms with Gasteiger partial charge in [-0.15, -0.1) is 0 Å². The van der Waals surface area contributed by atoms with Crippen LogP contribution in [0.4, 0.5) is 0 Å². The van der Waals surface area contributed by atoms with Gasteiger partial charge in [0.05, 0.1) is 13.2 Å². The summed E-state index contributed by atoms with van der Waals surface area (Å²) in [6.07, 6.45) is 6.83. The monoisotopic (exact) mass is 501 g/mol. The predicted molar refractivity (Wildman–Crippen MR) is 147 cm³/mol. The lowest BCUT2D eigenvalue weighted by molar-refractivity contribution is -0.00270. The molecule has 1 aliphatic carbocycles. The van der Waals surface area contributed by atoms with Crippen molar-refractivity contribution in [3.8, 4) is 11.3 Å². The van der Waals surface area contributed by atoms with E-state index >= 15 is 0 Å². The van der Waals surface area contributed by atoms with Crippen LogP contribution in [0.3, 0.4) is 0 Å². The number of ether oxygens (including phenoxy) is 1. The summed E-state index contributed by atoms with van der Waals surface area (Å²) in [5, 5.41) is 6.08. The van der Waals surface area contributed by atoms with Crippen LogP contribution in [0.2, 0.25) is 0 Å². The molecule has 2 aromatic rings. The third kappa shape index (κ3) is 5.73. The summed E-state index contributed by atoms with van der Waals surface area (Å²) in [5.74, 6) is 0.773. The molecule has 0 spiro atoms. The van der Waals surface area contributed by atoms with Crippen molar-refractivity contribution < 1.29 is 4.74 Å². The van der Waals surface area contributed by atoms with Crippen LogP contribution in [-0.4, -0.2) is 34.2 Å². The quantitative estimate of drug-likeness (QED) is 0.417. The lowest BCUT2D eigenvalue weighted by Crippen LogP contribution is -2.49. The SMILES string of the molecule is Cc1c(SN)cc(-c2ccc(SN3CCOCC3(C)C)c(C(C)(C)C)c2)n1CC1CCCCC1. The molecule has 0 amide bonds. The Bertz CT molecular complexity index is 986. The standard InChI is InChI=1S/C28H43N3OS2/c1-20-26(33-29)17-24(30(20)18-21-10-8-7-9-11-21)22-12-13-25(23(16-22)27(2,3)4)34-31-14-15-32-19-28(31,5)6/h12-13,16-17,21H,7-11,14-15,18-19,29H2,1-6H3. The summed E-state index contributed by atoms with van der Waals surface area (Å²) in [6.45, 7) is 17.4. The average molecular weight is 502 g/mol. The van der Waals surface area contributed by atoms with E-state index in [1.165, 1.54) is 76.4 Å². The van der Waals surface area contributed by atoms with Gasteiger partial charge in [-0.1, -0.05) is 46.1 Å². The largest absolute Gasteiger partial charge is 0.378 e. The average Bonchev–Trinajstić information content (AvgIpc) is 3.10. The maximum atomic E-state index is 6.08. The topological polar surface area (TPSA) is 43.4 Å². The Balaban J connectivity index is 1.71. The zero-order chi connectivity index (χ0) is 24.5. The number of hydrogen-bond acceptors (Lipinski definition) is 5. The highest BCUT2D eigenvalue weighted by Crippen LogP contribution is 2.41. The van der Waals surface area contributed by atoms with E-state index < -0.39 is 0 Å². The van der Waals surface area contributed by atoms with Gasteiger partial charge in [0.1, 0.15) is 0 Å². The fourth-order valence-electron chi connectivity index (χ4n) is 5.33. The molecule has 1 aromatic carbocycles. The molecule has 34 heavy (non-hydrogen) atoms. The van der Waals surface area contributed by atoms with Gasteiger partial charge in [-0.05, 0) is 98.2 Å². The van der Waals surface area contributed by atoms with Gasteiger partial charge in [0.2, 0.25) is 0 Å². The van der Waals surface area contributed by atoms with Gasteiger partial charge in [-0.25, -0.2) is 4.31 Å². The molecule has 6 heteroatoms. The van der Waals surface area contributed by atoms with Gasteiger partial charge >= 0.3 is 0 Å². The van der Waals surface area contributed by atoms with Gasteiger partial charge < -0.3 is 9.30 Å². The van der Waals surface area contributed by atoms with E-state index in [1.54, 1.807) is 0 Å². The summed E-state index contributed by atoms with van der Waals surface area (Å²) < 4.78 is 10.8. The zero-order valence-electron chi connectivity index (χ0n) is 21.9. The predicted octanol–water partition coefficient (Wildman–Crippen LogP) is 7.43. The lowest BCUT2D eigenvalue weighted by Gasteiger charge is -2.41. The molecular formula is C28H43N3OS2. The van der Waals surface area contributed by atoms with Crippen LogP contribution in [0.15, 0.2) is 34.1 Å². The minimum absolute atomic E-state index is 0.0236. The number of aromatic nitrogens is 1. The molecule has 4 nitrogen and oxygen atoms in total. The number of rotatable bonds is 6. The number of benzene rings is 1. The van der Waals surface area contributed by atoms with Crippen molar-refractivity contribution in [3.05, 3.63) is 35.5 Å². The third-order valence-corrected chi connectivity index (χ3v) is 9.59. The van der Waals surface area contributed by atoms with E-state index in [9.17, 15) is 0 Å². The Hall–Kier alpha value is -0.920. The summed E-state index contributed by atoms with van der Waals surface area (Å²) in [6, 6.07) is 9.41. The van der Waals surface area contributed by atoms with E-state index in [4.69, 9.17) is 9.88 Å². The summed E-state index contributed by atoms with van der Waals surface area (Å²) in [4.78, 5) is 2.54. The van der Waals surface area contributed by atoms with Crippen molar-refractivity contribution in [1.82, 2.24) is 8.87 Å². The zero-order valence-corrected chi connectivity index (χ0v) is 23.6. The first kappa shape index (κ1) is 26.2. The van der Waals surface area contributed by atoms with E-state index in [2.05, 4.69) is 74.7 Å². The molecule has 1 aliphatic heterocycles. The van der Waals surface area contributed by atoms with Crippen LogP contribution in [-0.2, 0) is 16.7 Å². The molecule has 1 saturated carbocycles. The Kier molecular flexibility index (Phi) is 8.15. The number of nitrogens with two attached hydrogens (primary N) is 1. The first-order valence-electron chi connectivity index (χ1n) is 12.9. The Morgan fingerprint density at radius 2 is 1.82 bits per heavy atom. The highest BCUT2D eigenvalue weighted by molar-refractivity contribution is 7.97. The minimum Gasteiger partial charge on any atom is -0.378 e. The fourth-order valence-corrected chi connectivity index (χ4v) is 7.08. The molecule has 0 bridgehead atoms. The summed E-state index contributed by atoms with van der Waals surface area (Å²) in [7, 11) is 0. The van der Waals surface area contributed by atoms with Crippen LogP contribution in [0.25, 0.3) is 11.3 Å². The molecule has 1 aromatic heterocycles. The van der Waals surface area contributed by atoms with Crippen LogP contribution in [0.5, 0.6) is 0 Å². The second-order valence-corrected chi connectivity index (χ2v) is 13.5. The van der Waals surface area contributed by atoms with Crippen molar-refractivity contribution in [2.24, 2.45) is 11.1 Å². The Morgan fingerprint density at radius 3 is 2.47 bits per heavy atom. The molecule has 4 rings (SSSR count). The Morgan fingerprint density at radius 1 is 1.09 bits per heavy atom. The molecule has 2 aliphatic rings. The minimum atomic E-state index is 0.0236. The third-order valence-electron chi connectivity index (χ3n) is 7.47. The van der Waals surface area contributed by atoms with Gasteiger partial charge in [0.25, 0.3) is 0 Å². The molecule has 2 heterocycles. The first-order chi connectivity index (χ1) is 16.1. The molecular weight excluding hydrogens is 458 g/mol. The van der Waals surface area contributed by atoms with Crippen molar-refractivity contribution in [3.63, 3.8) is 0 Å². The van der Waals surface area contributed by atoms with Crippen molar-refractivity contribution >= 4 is 23.9 Å². The highest BCUT2D eigenvalue weighted by atomic mass is 32.2. The molecule has 0 unspecified atom stereocenters. The number of morpholine rings is 1. The fraction of sp³-hybridized carbons (Fsp3) is 0.643. The normalized spacial score (nSPS) is 20.1. The van der Waals surface area contributed by atoms with E-state index in [0.29, 0.717) is 0 Å². The smallest absolute Gasteiger partial charge is 0.0654 e. The maximum absolute atomic E-state index is 6.08. The number of hydrogen-bond donors (Lipinski definition) is 1. The Labute approximate surface area is 215 Å². The second kappa shape index (κ2) is 10.6. The molecule has 2 N–H and O–H groups in total. The van der Waals surface area contributed by atoms with Gasteiger partial charge in [-0.2, -0.15) is 0 Å². The van der Waals surface area contributed by atoms with E-state index in [0.717, 1.165) is 32.2 Å². The van der Waals surface area contributed by atoms with Crippen LogP contribution in [0.1, 0.15) is 78.0 Å². The first-order valence-corrected chi connectivity index (χ1v) is 14.5. The molecule has 2 fully saturated rings. The molecule has 0 radical (unpaired) electrons. The maximum Gasteiger partial charge on any atom is 0.0654 e. The lowest BCUT2D eigenvalue weighted by atomic mass is 9.85. The summed E-state index contributed by atoms with van der Waals surface area (Å²) >= 11 is 3.28. The van der Waals surface area contributed by atoms with Gasteiger partial charge in [-0.3, -0.25) is 5.14 Å². The van der Waals surface area contributed by atoms with Crippen molar-refractivity contribution in [2.75, 3.05) is 19.8 Å². The van der Waals surface area contributed by atoms with Crippen molar-refractivity contribution in [1.29, 1.82) is 0 Å². The summed E-state index contributed by atoms with van der Waals surface area (Å²) in [5.41, 5.74) is 5.40. The molecule has 188 valence electrons. The number of nitrogens with zero attached hydrogens (tertiary/aromatic N) is 2. The highest BCUT2D eigenvalue weighted by Gasteiger charge is 2.33. The molecule has 1 saturated heterocycles. The van der Waals surface area contributed by atoms with Crippen LogP contribution < -0.4 is 5.14 Å². The van der Waals surface area contributed by atoms with E-state index in [1.807, 2.05) is 11.9 Å². The van der Waals surface area contributed by atoms with Gasteiger partial charge in [0.15, 0.2) is 0 Å². The van der Waals surface area contributed by atoms with Crippen molar-refractivity contribution in [2.45, 2.75) is 101 Å². The second-order valence-electron chi connectivity index (χ2n) is 11.7. The van der Waals surface area contributed by atoms with Gasteiger partial charge in [0, 0.05) is 39.8 Å². The van der Waals surface area contributed by atoms with Crippen LogP contribution >= 0.6 is 23.9 Å².